The fourth-order valence-corrected chi connectivity index (χ4v) is 2.45. The van der Waals surface area contributed by atoms with Crippen molar-refractivity contribution in [3.8, 4) is 0 Å². The first-order valence-electron chi connectivity index (χ1n) is 4.82. The number of aliphatic carboxylic acids is 1. The summed E-state index contributed by atoms with van der Waals surface area (Å²) in [6.07, 6.45) is 0.416. The van der Waals surface area contributed by atoms with Crippen molar-refractivity contribution >= 4 is 29.3 Å². The Morgan fingerprint density at radius 1 is 1.62 bits per heavy atom. The van der Waals surface area contributed by atoms with Crippen LogP contribution in [0.5, 0.6) is 0 Å². The van der Waals surface area contributed by atoms with Crippen LogP contribution >= 0.6 is 23.4 Å². The highest BCUT2D eigenvalue weighted by Gasteiger charge is 2.26. The molecular formula is C11H14ClNO2S. The molecule has 16 heavy (non-hydrogen) atoms. The van der Waals surface area contributed by atoms with E-state index in [-0.39, 0.29) is 0 Å². The van der Waals surface area contributed by atoms with Crippen LogP contribution in [0.4, 0.5) is 0 Å². The minimum atomic E-state index is -1.16. The Bertz CT molecular complexity index is 382. The van der Waals surface area contributed by atoms with Crippen molar-refractivity contribution in [3.05, 3.63) is 29.3 Å². The van der Waals surface area contributed by atoms with Gasteiger partial charge >= 0.3 is 5.97 Å². The molecule has 0 fully saturated rings. The molecule has 3 nitrogen and oxygen atoms in total. The van der Waals surface area contributed by atoms with Crippen LogP contribution in [0.15, 0.2) is 29.2 Å². The van der Waals surface area contributed by atoms with Crippen molar-refractivity contribution in [1.82, 2.24) is 0 Å². The van der Waals surface area contributed by atoms with Gasteiger partial charge in [0.1, 0.15) is 5.54 Å². The zero-order chi connectivity index (χ0) is 12.2. The quantitative estimate of drug-likeness (QED) is 0.798. The van der Waals surface area contributed by atoms with Gasteiger partial charge in [0.05, 0.1) is 0 Å². The highest BCUT2D eigenvalue weighted by atomic mass is 35.5. The largest absolute Gasteiger partial charge is 0.480 e. The standard InChI is InChI=1S/C11H14ClNO2S/c1-11(13,10(14)15)5-6-16-9-4-2-3-8(12)7-9/h2-4,7H,5-6,13H2,1H3,(H,14,15). The van der Waals surface area contributed by atoms with E-state index in [4.69, 9.17) is 22.4 Å². The lowest BCUT2D eigenvalue weighted by Gasteiger charge is -2.18. The van der Waals surface area contributed by atoms with Crippen molar-refractivity contribution in [1.29, 1.82) is 0 Å². The van der Waals surface area contributed by atoms with E-state index >= 15 is 0 Å². The molecule has 0 spiro atoms. The molecule has 3 N–H and O–H groups in total. The Kier molecular flexibility index (Phi) is 4.65. The third-order valence-electron chi connectivity index (χ3n) is 2.17. The second kappa shape index (κ2) is 5.57. The molecule has 88 valence electrons. The number of carboxylic acids is 1. The summed E-state index contributed by atoms with van der Waals surface area (Å²) in [5, 5.41) is 9.51. The lowest BCUT2D eigenvalue weighted by atomic mass is 10.0. The molecule has 0 saturated heterocycles. The maximum Gasteiger partial charge on any atom is 0.323 e. The number of carbonyl (C=O) groups is 1. The highest BCUT2D eigenvalue weighted by Crippen LogP contribution is 2.23. The summed E-state index contributed by atoms with van der Waals surface area (Å²) >= 11 is 7.38. The molecule has 0 saturated carbocycles. The van der Waals surface area contributed by atoms with Gasteiger partial charge in [0.2, 0.25) is 0 Å². The summed E-state index contributed by atoms with van der Waals surface area (Å²) in [6.45, 7) is 1.52. The third-order valence-corrected chi connectivity index (χ3v) is 3.41. The Morgan fingerprint density at radius 2 is 2.31 bits per heavy atom. The second-order valence-corrected chi connectivity index (χ2v) is 5.38. The average Bonchev–Trinajstić information content (AvgIpc) is 2.17. The Labute approximate surface area is 104 Å². The third kappa shape index (κ3) is 4.04. The number of carboxylic acid groups (broad SMARTS) is 1. The van der Waals surface area contributed by atoms with Gasteiger partial charge in [-0.15, -0.1) is 11.8 Å². The molecule has 5 heteroatoms. The van der Waals surface area contributed by atoms with Gasteiger partial charge in [-0.05, 0) is 31.5 Å². The molecule has 0 aromatic heterocycles. The fraction of sp³-hybridized carbons (Fsp3) is 0.364. The Morgan fingerprint density at radius 3 is 2.88 bits per heavy atom. The van der Waals surface area contributed by atoms with E-state index in [0.717, 1.165) is 4.90 Å². The molecule has 0 aliphatic carbocycles. The number of benzene rings is 1. The molecule has 0 amide bonds. The van der Waals surface area contributed by atoms with Gasteiger partial charge < -0.3 is 10.8 Å². The minimum Gasteiger partial charge on any atom is -0.480 e. The zero-order valence-electron chi connectivity index (χ0n) is 8.94. The molecule has 1 rings (SSSR count). The lowest BCUT2D eigenvalue weighted by molar-refractivity contribution is -0.142. The van der Waals surface area contributed by atoms with Gasteiger partial charge in [-0.25, -0.2) is 0 Å². The molecule has 0 radical (unpaired) electrons. The fourth-order valence-electron chi connectivity index (χ4n) is 1.04. The molecule has 1 atom stereocenters. The molecule has 1 aromatic carbocycles. The molecule has 0 aliphatic heterocycles. The van der Waals surface area contributed by atoms with E-state index < -0.39 is 11.5 Å². The van der Waals surface area contributed by atoms with Crippen molar-refractivity contribution in [2.45, 2.75) is 23.8 Å². The Balaban J connectivity index is 2.45. The second-order valence-electron chi connectivity index (χ2n) is 3.78. The monoisotopic (exact) mass is 259 g/mol. The van der Waals surface area contributed by atoms with E-state index in [2.05, 4.69) is 0 Å². The van der Waals surface area contributed by atoms with Gasteiger partial charge in [0.25, 0.3) is 0 Å². The van der Waals surface area contributed by atoms with E-state index in [1.54, 1.807) is 17.8 Å². The number of hydrogen-bond donors (Lipinski definition) is 2. The first-order valence-corrected chi connectivity index (χ1v) is 6.19. The number of nitrogens with two attached hydrogens (primary N) is 1. The van der Waals surface area contributed by atoms with Crippen LogP contribution < -0.4 is 5.73 Å². The maximum atomic E-state index is 10.8. The number of thioether (sulfide) groups is 1. The molecule has 0 heterocycles. The van der Waals surface area contributed by atoms with E-state index in [9.17, 15) is 4.79 Å². The van der Waals surface area contributed by atoms with Crippen molar-refractivity contribution in [2.75, 3.05) is 5.75 Å². The predicted molar refractivity (Wildman–Crippen MR) is 67.0 cm³/mol. The number of rotatable bonds is 5. The summed E-state index contributed by atoms with van der Waals surface area (Å²) in [6, 6.07) is 7.45. The number of hydrogen-bond acceptors (Lipinski definition) is 3. The predicted octanol–water partition coefficient (Wildman–Crippen LogP) is 2.62. The van der Waals surface area contributed by atoms with Gasteiger partial charge in [-0.2, -0.15) is 0 Å². The van der Waals surface area contributed by atoms with Crippen molar-refractivity contribution < 1.29 is 9.90 Å². The van der Waals surface area contributed by atoms with Crippen LogP contribution in [0.3, 0.4) is 0 Å². The van der Waals surface area contributed by atoms with Crippen LogP contribution in [0.2, 0.25) is 5.02 Å². The summed E-state index contributed by atoms with van der Waals surface area (Å²) in [5.41, 5.74) is 4.45. The topological polar surface area (TPSA) is 63.3 Å². The summed E-state index contributed by atoms with van der Waals surface area (Å²) < 4.78 is 0. The lowest BCUT2D eigenvalue weighted by Crippen LogP contribution is -2.45. The molecular weight excluding hydrogens is 246 g/mol. The first kappa shape index (κ1) is 13.4. The van der Waals surface area contributed by atoms with Crippen LogP contribution in [-0.4, -0.2) is 22.4 Å². The zero-order valence-corrected chi connectivity index (χ0v) is 10.5. The van der Waals surface area contributed by atoms with Crippen LogP contribution in [0.1, 0.15) is 13.3 Å². The van der Waals surface area contributed by atoms with Gasteiger partial charge in [0.15, 0.2) is 0 Å². The summed E-state index contributed by atoms with van der Waals surface area (Å²) in [5.74, 6) is -0.321. The summed E-state index contributed by atoms with van der Waals surface area (Å²) in [7, 11) is 0. The average molecular weight is 260 g/mol. The first-order chi connectivity index (χ1) is 7.42. The highest BCUT2D eigenvalue weighted by molar-refractivity contribution is 7.99. The van der Waals surface area contributed by atoms with E-state index in [1.807, 2.05) is 18.2 Å². The van der Waals surface area contributed by atoms with Gasteiger partial charge in [-0.3, -0.25) is 4.79 Å². The van der Waals surface area contributed by atoms with Gasteiger partial charge in [-0.1, -0.05) is 17.7 Å². The minimum absolute atomic E-state index is 0.416. The molecule has 0 aliphatic rings. The van der Waals surface area contributed by atoms with Crippen molar-refractivity contribution in [2.24, 2.45) is 5.73 Å². The Hall–Kier alpha value is -0.710. The molecule has 0 bridgehead atoms. The molecule has 1 aromatic rings. The van der Waals surface area contributed by atoms with E-state index in [0.29, 0.717) is 17.2 Å². The molecule has 1 unspecified atom stereocenters. The SMILES string of the molecule is CC(N)(CCSc1cccc(Cl)c1)C(=O)O. The normalized spacial score (nSPS) is 14.4. The van der Waals surface area contributed by atoms with Crippen LogP contribution in [-0.2, 0) is 4.79 Å². The smallest absolute Gasteiger partial charge is 0.323 e. The summed E-state index contributed by atoms with van der Waals surface area (Å²) in [4.78, 5) is 11.8. The van der Waals surface area contributed by atoms with Crippen LogP contribution in [0, 0.1) is 0 Å². The van der Waals surface area contributed by atoms with Crippen LogP contribution in [0.25, 0.3) is 0 Å². The maximum absolute atomic E-state index is 10.8. The van der Waals surface area contributed by atoms with Gasteiger partial charge in [0, 0.05) is 15.7 Å². The van der Waals surface area contributed by atoms with Crippen molar-refractivity contribution in [3.63, 3.8) is 0 Å². The van der Waals surface area contributed by atoms with E-state index in [1.165, 1.54) is 6.92 Å². The number of halogens is 1.